The number of anilines is 1. The maximum atomic E-state index is 14.3. The molecule has 30 heavy (non-hydrogen) atoms. The van der Waals surface area contributed by atoms with E-state index >= 15 is 0 Å². The van der Waals surface area contributed by atoms with Gasteiger partial charge in [-0.1, -0.05) is 45.0 Å². The molecule has 4 rings (SSSR count). The Balaban J connectivity index is 2.04. The van der Waals surface area contributed by atoms with E-state index in [9.17, 15) is 14.0 Å². The van der Waals surface area contributed by atoms with Crippen LogP contribution in [0, 0.1) is 24.1 Å². The van der Waals surface area contributed by atoms with E-state index in [0.29, 0.717) is 12.0 Å². The minimum Gasteiger partial charge on any atom is -0.325 e. The van der Waals surface area contributed by atoms with Crippen molar-refractivity contribution >= 4 is 29.3 Å². The molecule has 3 unspecified atom stereocenters. The molecule has 2 aliphatic rings. The van der Waals surface area contributed by atoms with Crippen molar-refractivity contribution in [1.82, 2.24) is 4.42 Å². The molecule has 2 aromatic carbocycles. The van der Waals surface area contributed by atoms with Crippen molar-refractivity contribution < 1.29 is 14.0 Å². The second-order valence-corrected chi connectivity index (χ2v) is 10.0. The highest BCUT2D eigenvalue weighted by molar-refractivity contribution is 6.23. The smallest absolute Gasteiger partial charge is 0.237 e. The number of para-hydroxylation sites is 1. The zero-order chi connectivity index (χ0) is 21.8. The molecule has 3 atom stereocenters. The van der Waals surface area contributed by atoms with Crippen LogP contribution in [0.4, 0.5) is 10.1 Å². The Labute approximate surface area is 181 Å². The molecule has 1 fully saturated rings. The fourth-order valence-electron chi connectivity index (χ4n) is 5.23. The van der Waals surface area contributed by atoms with Gasteiger partial charge in [0.05, 0.1) is 6.04 Å². The Kier molecular flexibility index (Phi) is 4.93. The first-order valence-electron chi connectivity index (χ1n) is 10.2. The van der Waals surface area contributed by atoms with Gasteiger partial charge in [0.2, 0.25) is 11.8 Å². The molecule has 2 heterocycles. The number of aryl methyl sites for hydroxylation is 1. The number of carbonyl (C=O) groups excluding carboxylic acids is 2. The van der Waals surface area contributed by atoms with Gasteiger partial charge < -0.3 is 5.32 Å². The Morgan fingerprint density at radius 2 is 1.90 bits per heavy atom. The van der Waals surface area contributed by atoms with Crippen LogP contribution in [0.15, 0.2) is 42.5 Å². The summed E-state index contributed by atoms with van der Waals surface area (Å²) in [6.07, 6.45) is 0.809. The van der Waals surface area contributed by atoms with Crippen LogP contribution in [0.2, 0.25) is 0 Å². The molecule has 1 saturated heterocycles. The molecule has 1 spiro atoms. The summed E-state index contributed by atoms with van der Waals surface area (Å²) in [6.45, 7) is 8.14. The maximum absolute atomic E-state index is 14.3. The van der Waals surface area contributed by atoms with E-state index in [1.807, 2.05) is 31.2 Å². The molecular weight excluding hydrogens is 403 g/mol. The number of piperidine rings is 1. The molecule has 2 aromatic rings. The fraction of sp³-hybridized carbons (Fsp3) is 0.417. The van der Waals surface area contributed by atoms with Crippen LogP contribution in [0.25, 0.3) is 0 Å². The SMILES string of the molecule is Cc1ccc(F)cc1C1N(Cl)C(=O)CC(CC(C)(C)C)C12C(=O)Nc1ccccc12. The van der Waals surface area contributed by atoms with Crippen LogP contribution in [0.1, 0.15) is 56.3 Å². The summed E-state index contributed by atoms with van der Waals surface area (Å²) in [6, 6.07) is 11.2. The number of hydrogen-bond donors (Lipinski definition) is 1. The fourth-order valence-corrected chi connectivity index (χ4v) is 5.56. The summed E-state index contributed by atoms with van der Waals surface area (Å²) in [4.78, 5) is 26.7. The normalized spacial score (nSPS) is 26.1. The first-order valence-corrected chi connectivity index (χ1v) is 10.5. The third kappa shape index (κ3) is 3.11. The molecule has 0 radical (unpaired) electrons. The van der Waals surface area contributed by atoms with Gasteiger partial charge in [-0.15, -0.1) is 0 Å². The van der Waals surface area contributed by atoms with E-state index in [1.165, 1.54) is 12.1 Å². The second kappa shape index (κ2) is 7.09. The van der Waals surface area contributed by atoms with Crippen molar-refractivity contribution in [1.29, 1.82) is 0 Å². The van der Waals surface area contributed by atoms with Gasteiger partial charge in [-0.05, 0) is 59.6 Å². The molecular formula is C24H26ClFN2O2. The lowest BCUT2D eigenvalue weighted by atomic mass is 9.58. The van der Waals surface area contributed by atoms with Crippen molar-refractivity contribution in [3.63, 3.8) is 0 Å². The molecule has 0 aliphatic carbocycles. The molecule has 158 valence electrons. The van der Waals surface area contributed by atoms with Crippen LogP contribution in [-0.2, 0) is 15.0 Å². The van der Waals surface area contributed by atoms with Gasteiger partial charge in [0.15, 0.2) is 0 Å². The van der Waals surface area contributed by atoms with Gasteiger partial charge in [-0.3, -0.25) is 9.59 Å². The summed E-state index contributed by atoms with van der Waals surface area (Å²) < 4.78 is 15.4. The lowest BCUT2D eigenvalue weighted by Gasteiger charge is -2.50. The predicted molar refractivity (Wildman–Crippen MR) is 116 cm³/mol. The van der Waals surface area contributed by atoms with Crippen molar-refractivity contribution in [2.75, 3.05) is 5.32 Å². The number of rotatable bonds is 2. The summed E-state index contributed by atoms with van der Waals surface area (Å²) in [7, 11) is 0. The van der Waals surface area contributed by atoms with E-state index < -0.39 is 17.3 Å². The molecule has 1 N–H and O–H groups in total. The average Bonchev–Trinajstić information content (AvgIpc) is 2.94. The van der Waals surface area contributed by atoms with Crippen molar-refractivity contribution in [2.45, 2.75) is 52.0 Å². The second-order valence-electron chi connectivity index (χ2n) is 9.64. The highest BCUT2D eigenvalue weighted by Gasteiger charge is 2.63. The van der Waals surface area contributed by atoms with Crippen LogP contribution in [0.5, 0.6) is 0 Å². The van der Waals surface area contributed by atoms with Crippen molar-refractivity contribution in [3.05, 3.63) is 65.0 Å². The maximum Gasteiger partial charge on any atom is 0.237 e. The third-order valence-corrected chi connectivity index (χ3v) is 6.74. The third-order valence-electron chi connectivity index (χ3n) is 6.35. The van der Waals surface area contributed by atoms with Gasteiger partial charge in [0.25, 0.3) is 0 Å². The van der Waals surface area contributed by atoms with E-state index in [1.54, 1.807) is 6.07 Å². The lowest BCUT2D eigenvalue weighted by Crippen LogP contribution is -2.57. The molecule has 4 nitrogen and oxygen atoms in total. The number of halogens is 2. The first kappa shape index (κ1) is 20.9. The average molecular weight is 429 g/mol. The highest BCUT2D eigenvalue weighted by Crippen LogP contribution is 2.59. The monoisotopic (exact) mass is 428 g/mol. The minimum atomic E-state index is -1.10. The highest BCUT2D eigenvalue weighted by atomic mass is 35.5. The molecule has 0 bridgehead atoms. The molecule has 0 saturated carbocycles. The Morgan fingerprint density at radius 3 is 2.60 bits per heavy atom. The Morgan fingerprint density at radius 1 is 1.20 bits per heavy atom. The molecule has 0 aromatic heterocycles. The zero-order valence-electron chi connectivity index (χ0n) is 17.6. The number of amides is 2. The number of hydrogen-bond acceptors (Lipinski definition) is 2. The van der Waals surface area contributed by atoms with Gasteiger partial charge in [0, 0.05) is 23.9 Å². The molecule has 2 amide bonds. The van der Waals surface area contributed by atoms with Crippen LogP contribution >= 0.6 is 11.8 Å². The van der Waals surface area contributed by atoms with E-state index in [0.717, 1.165) is 21.2 Å². The Bertz CT molecular complexity index is 1030. The molecule has 2 aliphatic heterocycles. The van der Waals surface area contributed by atoms with E-state index in [2.05, 4.69) is 26.1 Å². The van der Waals surface area contributed by atoms with Crippen LogP contribution < -0.4 is 5.32 Å². The summed E-state index contributed by atoms with van der Waals surface area (Å²) >= 11 is 6.61. The van der Waals surface area contributed by atoms with E-state index in [-0.39, 0.29) is 29.6 Å². The number of benzene rings is 2. The predicted octanol–water partition coefficient (Wildman–Crippen LogP) is 5.50. The molecule has 6 heteroatoms. The van der Waals surface area contributed by atoms with Crippen LogP contribution in [-0.4, -0.2) is 16.2 Å². The standard InChI is InChI=1S/C24H26ClFN2O2/c1-14-9-10-16(26)12-17(14)21-24(18-7-5-6-8-19(18)27-22(24)30)15(13-23(2,3)4)11-20(29)28(21)25/h5-10,12,15,21H,11,13H2,1-4H3,(H,27,30). The summed E-state index contributed by atoms with van der Waals surface area (Å²) in [5, 5.41) is 3.01. The van der Waals surface area contributed by atoms with Crippen LogP contribution in [0.3, 0.4) is 0 Å². The minimum absolute atomic E-state index is 0.119. The lowest BCUT2D eigenvalue weighted by molar-refractivity contribution is -0.142. The van der Waals surface area contributed by atoms with E-state index in [4.69, 9.17) is 11.8 Å². The summed E-state index contributed by atoms with van der Waals surface area (Å²) in [5.74, 6) is -1.14. The largest absolute Gasteiger partial charge is 0.325 e. The van der Waals surface area contributed by atoms with Crippen molar-refractivity contribution in [2.24, 2.45) is 11.3 Å². The Hall–Kier alpha value is -2.40. The topological polar surface area (TPSA) is 49.4 Å². The quantitative estimate of drug-likeness (QED) is 0.641. The first-order chi connectivity index (χ1) is 14.1. The van der Waals surface area contributed by atoms with Gasteiger partial charge in [-0.2, -0.15) is 0 Å². The van der Waals surface area contributed by atoms with Gasteiger partial charge >= 0.3 is 0 Å². The zero-order valence-corrected chi connectivity index (χ0v) is 18.4. The number of nitrogens with one attached hydrogen (secondary N) is 1. The number of fused-ring (bicyclic) bond motifs is 2. The van der Waals surface area contributed by atoms with Gasteiger partial charge in [-0.25, -0.2) is 8.81 Å². The van der Waals surface area contributed by atoms with Crippen molar-refractivity contribution in [3.8, 4) is 0 Å². The summed E-state index contributed by atoms with van der Waals surface area (Å²) in [5.41, 5.74) is 1.66. The number of nitrogens with zero attached hydrogens (tertiary/aromatic N) is 1. The number of carbonyl (C=O) groups is 2. The van der Waals surface area contributed by atoms with Gasteiger partial charge in [0.1, 0.15) is 11.2 Å².